The lowest BCUT2D eigenvalue weighted by Crippen LogP contribution is -2.47. The molecule has 3 aromatic rings. The molecule has 2 bridgehead atoms. The van der Waals surface area contributed by atoms with Gasteiger partial charge in [0.2, 0.25) is 0 Å². The molecular weight excluding hydrogens is 504 g/mol. The molecule has 1 aromatic heterocycles. The fourth-order valence-electron chi connectivity index (χ4n) is 6.53. The van der Waals surface area contributed by atoms with Crippen LogP contribution < -0.4 is 20.5 Å². The van der Waals surface area contributed by atoms with Crippen LogP contribution >= 0.6 is 0 Å². The standard InChI is InChI=1S/C32H36N4O4/c1-40-26-12-9-23(10-13-26)31(38)33-27-18-24(32(39)34-15-4-2-3-5-16-34)11-14-29(27)35-19-22-17-25(21-35)28-7-6-8-30(37)36(28)20-22/h6-14,18,22,25H,2-5,15-17,19-21H2,1H3,(H,33,38). The van der Waals surface area contributed by atoms with Crippen LogP contribution in [-0.2, 0) is 6.54 Å². The number of piperidine rings is 1. The van der Waals surface area contributed by atoms with Crippen molar-refractivity contribution < 1.29 is 14.3 Å². The Labute approximate surface area is 234 Å². The highest BCUT2D eigenvalue weighted by molar-refractivity contribution is 6.07. The predicted molar refractivity (Wildman–Crippen MR) is 156 cm³/mol. The normalized spacial score (nSPS) is 20.3. The fraction of sp³-hybridized carbons (Fsp3) is 0.406. The minimum Gasteiger partial charge on any atom is -0.497 e. The summed E-state index contributed by atoms with van der Waals surface area (Å²) in [5.41, 5.74) is 3.77. The first-order valence-corrected chi connectivity index (χ1v) is 14.3. The first-order chi connectivity index (χ1) is 19.5. The van der Waals surface area contributed by atoms with E-state index in [-0.39, 0.29) is 23.3 Å². The van der Waals surface area contributed by atoms with E-state index in [1.807, 2.05) is 33.7 Å². The van der Waals surface area contributed by atoms with Crippen molar-refractivity contribution in [3.8, 4) is 5.75 Å². The van der Waals surface area contributed by atoms with Crippen LogP contribution in [0, 0.1) is 5.92 Å². The highest BCUT2D eigenvalue weighted by atomic mass is 16.5. The van der Waals surface area contributed by atoms with Gasteiger partial charge >= 0.3 is 0 Å². The molecule has 0 spiro atoms. The Bertz CT molecular complexity index is 1460. The van der Waals surface area contributed by atoms with Crippen LogP contribution in [0.15, 0.2) is 65.5 Å². The Morgan fingerprint density at radius 1 is 0.875 bits per heavy atom. The molecule has 2 atom stereocenters. The number of carbonyl (C=O) groups is 2. The van der Waals surface area contributed by atoms with Crippen molar-refractivity contribution in [1.82, 2.24) is 9.47 Å². The monoisotopic (exact) mass is 540 g/mol. The topological polar surface area (TPSA) is 83.9 Å². The average molecular weight is 541 g/mol. The van der Waals surface area contributed by atoms with Gasteiger partial charge in [0.1, 0.15) is 5.75 Å². The summed E-state index contributed by atoms with van der Waals surface area (Å²) in [4.78, 5) is 43.6. The van der Waals surface area contributed by atoms with E-state index in [4.69, 9.17) is 4.74 Å². The molecular formula is C32H36N4O4. The number of benzene rings is 2. The van der Waals surface area contributed by atoms with E-state index in [1.165, 1.54) is 0 Å². The summed E-state index contributed by atoms with van der Waals surface area (Å²) in [5, 5.41) is 3.12. The van der Waals surface area contributed by atoms with Crippen molar-refractivity contribution in [1.29, 1.82) is 0 Å². The number of aromatic nitrogens is 1. The molecule has 2 aromatic carbocycles. The molecule has 2 saturated heterocycles. The number of ether oxygens (including phenoxy) is 1. The Morgan fingerprint density at radius 2 is 1.62 bits per heavy atom. The van der Waals surface area contributed by atoms with Crippen LogP contribution in [0.2, 0.25) is 0 Å². The van der Waals surface area contributed by atoms with Gasteiger partial charge < -0.3 is 24.4 Å². The number of amides is 2. The Hall–Kier alpha value is -4.07. The van der Waals surface area contributed by atoms with Crippen LogP contribution in [0.5, 0.6) is 5.75 Å². The maximum atomic E-state index is 13.5. The molecule has 1 N–H and O–H groups in total. The summed E-state index contributed by atoms with van der Waals surface area (Å²) < 4.78 is 7.16. The van der Waals surface area contributed by atoms with Crippen molar-refractivity contribution in [3.05, 3.63) is 87.8 Å². The van der Waals surface area contributed by atoms with E-state index in [0.717, 1.165) is 69.7 Å². The lowest BCUT2D eigenvalue weighted by molar-refractivity contribution is 0.0761. The third-order valence-electron chi connectivity index (χ3n) is 8.56. The molecule has 3 aliphatic rings. The summed E-state index contributed by atoms with van der Waals surface area (Å²) in [5.74, 6) is 1.01. The molecule has 4 heterocycles. The fourth-order valence-corrected chi connectivity index (χ4v) is 6.53. The number of pyridine rings is 1. The smallest absolute Gasteiger partial charge is 0.255 e. The second-order valence-corrected chi connectivity index (χ2v) is 11.2. The van der Waals surface area contributed by atoms with E-state index in [1.54, 1.807) is 37.4 Å². The lowest BCUT2D eigenvalue weighted by atomic mass is 9.83. The zero-order valence-electron chi connectivity index (χ0n) is 23.0. The summed E-state index contributed by atoms with van der Waals surface area (Å²) in [6, 6.07) is 18.3. The van der Waals surface area contributed by atoms with Crippen molar-refractivity contribution in [3.63, 3.8) is 0 Å². The SMILES string of the molecule is COc1ccc(C(=O)Nc2cc(C(=O)N3CCCCCC3)ccc2N2CC3CC(C2)c2cccc(=O)n2C3)cc1. The summed E-state index contributed by atoms with van der Waals surface area (Å²) in [6.45, 7) is 3.75. The van der Waals surface area contributed by atoms with E-state index in [9.17, 15) is 14.4 Å². The Balaban J connectivity index is 1.32. The second kappa shape index (κ2) is 11.2. The molecule has 8 heteroatoms. The van der Waals surface area contributed by atoms with Crippen LogP contribution in [-0.4, -0.2) is 54.6 Å². The van der Waals surface area contributed by atoms with Gasteiger partial charge in [0.15, 0.2) is 0 Å². The quantitative estimate of drug-likeness (QED) is 0.505. The van der Waals surface area contributed by atoms with Gasteiger partial charge in [0.25, 0.3) is 17.4 Å². The largest absolute Gasteiger partial charge is 0.497 e. The molecule has 208 valence electrons. The third-order valence-corrected chi connectivity index (χ3v) is 8.56. The number of likely N-dealkylation sites (tertiary alicyclic amines) is 1. The van der Waals surface area contributed by atoms with Gasteiger partial charge in [-0.2, -0.15) is 0 Å². The van der Waals surface area contributed by atoms with Crippen molar-refractivity contribution in [2.45, 2.75) is 44.6 Å². The number of hydrogen-bond donors (Lipinski definition) is 1. The number of rotatable bonds is 5. The number of hydrogen-bond acceptors (Lipinski definition) is 5. The molecule has 2 amide bonds. The molecule has 3 aliphatic heterocycles. The number of nitrogens with zero attached hydrogens (tertiary/aromatic N) is 3. The Kier molecular flexibility index (Phi) is 7.32. The number of fused-ring (bicyclic) bond motifs is 4. The molecule has 2 fully saturated rings. The summed E-state index contributed by atoms with van der Waals surface area (Å²) in [6.07, 6.45) is 5.38. The number of anilines is 2. The van der Waals surface area contributed by atoms with Crippen LogP contribution in [0.25, 0.3) is 0 Å². The van der Waals surface area contributed by atoms with Crippen molar-refractivity contribution in [2.24, 2.45) is 5.92 Å². The molecule has 40 heavy (non-hydrogen) atoms. The third kappa shape index (κ3) is 5.22. The van der Waals surface area contributed by atoms with Gasteiger partial charge in [-0.25, -0.2) is 0 Å². The number of nitrogens with one attached hydrogen (secondary N) is 1. The minimum atomic E-state index is -0.239. The van der Waals surface area contributed by atoms with Gasteiger partial charge in [-0.3, -0.25) is 14.4 Å². The van der Waals surface area contributed by atoms with Crippen molar-refractivity contribution in [2.75, 3.05) is 43.5 Å². The van der Waals surface area contributed by atoms with E-state index >= 15 is 0 Å². The number of methoxy groups -OCH3 is 1. The van der Waals surface area contributed by atoms with Gasteiger partial charge in [-0.05, 0) is 73.7 Å². The summed E-state index contributed by atoms with van der Waals surface area (Å²) >= 11 is 0. The zero-order chi connectivity index (χ0) is 27.6. The summed E-state index contributed by atoms with van der Waals surface area (Å²) in [7, 11) is 1.59. The highest BCUT2D eigenvalue weighted by Gasteiger charge is 2.35. The van der Waals surface area contributed by atoms with Crippen molar-refractivity contribution >= 4 is 23.2 Å². The van der Waals surface area contributed by atoms with Gasteiger partial charge in [0, 0.05) is 61.5 Å². The average Bonchev–Trinajstić information content (AvgIpc) is 3.27. The molecule has 0 radical (unpaired) electrons. The van der Waals surface area contributed by atoms with Crippen LogP contribution in [0.4, 0.5) is 11.4 Å². The molecule has 0 saturated carbocycles. The predicted octanol–water partition coefficient (Wildman–Crippen LogP) is 4.75. The highest BCUT2D eigenvalue weighted by Crippen LogP contribution is 2.39. The maximum Gasteiger partial charge on any atom is 0.255 e. The molecule has 6 rings (SSSR count). The van der Waals surface area contributed by atoms with E-state index < -0.39 is 0 Å². The maximum absolute atomic E-state index is 13.5. The van der Waals surface area contributed by atoms with Crippen LogP contribution in [0.1, 0.15) is 64.4 Å². The first-order valence-electron chi connectivity index (χ1n) is 14.3. The zero-order valence-corrected chi connectivity index (χ0v) is 23.0. The van der Waals surface area contributed by atoms with Gasteiger partial charge in [-0.15, -0.1) is 0 Å². The second-order valence-electron chi connectivity index (χ2n) is 11.2. The Morgan fingerprint density at radius 3 is 2.38 bits per heavy atom. The molecule has 0 aliphatic carbocycles. The van der Waals surface area contributed by atoms with E-state index in [0.29, 0.717) is 35.0 Å². The van der Waals surface area contributed by atoms with Gasteiger partial charge in [0.05, 0.1) is 18.5 Å². The molecule has 8 nitrogen and oxygen atoms in total. The van der Waals surface area contributed by atoms with Crippen LogP contribution in [0.3, 0.4) is 0 Å². The lowest BCUT2D eigenvalue weighted by Gasteiger charge is -2.44. The number of carbonyl (C=O) groups excluding carboxylic acids is 2. The van der Waals surface area contributed by atoms with Gasteiger partial charge in [-0.1, -0.05) is 18.9 Å². The molecule has 2 unspecified atom stereocenters. The first kappa shape index (κ1) is 26.2. The van der Waals surface area contributed by atoms with E-state index in [2.05, 4.69) is 16.3 Å². The minimum absolute atomic E-state index is 0.0113.